The van der Waals surface area contributed by atoms with Crippen LogP contribution < -0.4 is 0 Å². The summed E-state index contributed by atoms with van der Waals surface area (Å²) in [6.45, 7) is 0. The van der Waals surface area contributed by atoms with Gasteiger partial charge in [0, 0.05) is 75.0 Å². The normalized spacial score (nSPS) is 11.8. The second kappa shape index (κ2) is 14.7. The van der Waals surface area contributed by atoms with Crippen LogP contribution in [0.15, 0.2) is 218 Å². The van der Waals surface area contributed by atoms with Gasteiger partial charge in [-0.15, -0.1) is 11.3 Å². The van der Waals surface area contributed by atoms with Crippen molar-refractivity contribution >= 4 is 75.0 Å². The predicted octanol–water partition coefficient (Wildman–Crippen LogP) is 16.0. The van der Waals surface area contributed by atoms with E-state index in [1.165, 1.54) is 41.8 Å². The lowest BCUT2D eigenvalue weighted by molar-refractivity contribution is 1.18. The first-order valence-corrected chi connectivity index (χ1v) is 22.4. The van der Waals surface area contributed by atoms with Gasteiger partial charge in [-0.25, -0.2) is 15.0 Å². The van der Waals surface area contributed by atoms with Gasteiger partial charge in [0.05, 0.1) is 33.6 Å². The summed E-state index contributed by atoms with van der Waals surface area (Å²) in [4.78, 5) is 15.7. The second-order valence-electron chi connectivity index (χ2n) is 16.3. The fraction of sp³-hybridized carbons (Fsp3) is 0. The maximum Gasteiger partial charge on any atom is 0.160 e. The van der Waals surface area contributed by atoms with Crippen molar-refractivity contribution in [2.75, 3.05) is 0 Å². The molecule has 0 aliphatic heterocycles. The molecule has 13 rings (SSSR count). The number of hydrogen-bond acceptors (Lipinski definition) is 4. The molecule has 0 bridgehead atoms. The molecule has 0 aliphatic carbocycles. The number of pyridine rings is 1. The van der Waals surface area contributed by atoms with Crippen molar-refractivity contribution in [3.05, 3.63) is 218 Å². The van der Waals surface area contributed by atoms with E-state index in [0.717, 1.165) is 78.0 Å². The van der Waals surface area contributed by atoms with Gasteiger partial charge in [0.2, 0.25) is 0 Å². The average Bonchev–Trinajstić information content (AvgIpc) is 3.92. The molecule has 0 saturated carbocycles. The largest absolute Gasteiger partial charge is 0.309 e. The smallest absolute Gasteiger partial charge is 0.160 e. The maximum atomic E-state index is 5.33. The minimum atomic E-state index is 0.694. The molecule has 298 valence electrons. The number of aromatic nitrogens is 4. The van der Waals surface area contributed by atoms with Gasteiger partial charge in [-0.3, -0.25) is 0 Å². The Kier molecular flexibility index (Phi) is 8.36. The van der Waals surface area contributed by atoms with Crippen LogP contribution in [0, 0.1) is 0 Å². The first-order chi connectivity index (χ1) is 31.7. The van der Waals surface area contributed by atoms with Gasteiger partial charge in [-0.2, -0.15) is 0 Å². The third-order valence-electron chi connectivity index (χ3n) is 12.6. The lowest BCUT2D eigenvalue weighted by atomic mass is 9.94. The van der Waals surface area contributed by atoms with E-state index in [-0.39, 0.29) is 0 Å². The van der Waals surface area contributed by atoms with Crippen LogP contribution in [0.25, 0.3) is 126 Å². The zero-order valence-corrected chi connectivity index (χ0v) is 35.3. The Bertz CT molecular complexity index is 3930. The number of rotatable bonds is 6. The van der Waals surface area contributed by atoms with E-state index in [1.54, 1.807) is 0 Å². The van der Waals surface area contributed by atoms with Crippen molar-refractivity contribution in [1.29, 1.82) is 0 Å². The zero-order chi connectivity index (χ0) is 42.1. The summed E-state index contributed by atoms with van der Waals surface area (Å²) >= 11 is 1.85. The number of fused-ring (bicyclic) bond motifs is 10. The van der Waals surface area contributed by atoms with Crippen LogP contribution in [0.1, 0.15) is 0 Å². The Hall–Kier alpha value is -8.25. The van der Waals surface area contributed by atoms with E-state index < -0.39 is 0 Å². The first kappa shape index (κ1) is 36.4. The number of benzene rings is 9. The minimum absolute atomic E-state index is 0.694. The highest BCUT2D eigenvalue weighted by Gasteiger charge is 2.19. The Balaban J connectivity index is 0.942. The fourth-order valence-corrected chi connectivity index (χ4v) is 10.7. The van der Waals surface area contributed by atoms with E-state index >= 15 is 0 Å². The second-order valence-corrected chi connectivity index (χ2v) is 17.4. The van der Waals surface area contributed by atoms with Crippen molar-refractivity contribution in [2.45, 2.75) is 0 Å². The van der Waals surface area contributed by atoms with Gasteiger partial charge in [0.25, 0.3) is 0 Å². The molecule has 4 aromatic heterocycles. The molecule has 13 aromatic rings. The topological polar surface area (TPSA) is 43.6 Å². The van der Waals surface area contributed by atoms with Crippen molar-refractivity contribution in [3.8, 4) is 62.0 Å². The highest BCUT2D eigenvalue weighted by atomic mass is 32.1. The molecule has 0 radical (unpaired) electrons. The van der Waals surface area contributed by atoms with Gasteiger partial charge in [0.1, 0.15) is 0 Å². The molecule has 0 aliphatic rings. The molecular weight excluding hydrogens is 797 g/mol. The van der Waals surface area contributed by atoms with Crippen LogP contribution in [0.2, 0.25) is 0 Å². The Labute approximate surface area is 373 Å². The third-order valence-corrected chi connectivity index (χ3v) is 13.7. The lowest BCUT2D eigenvalue weighted by Gasteiger charge is -2.13. The molecule has 4 nitrogen and oxygen atoms in total. The van der Waals surface area contributed by atoms with E-state index in [1.807, 2.05) is 29.5 Å². The molecule has 9 aromatic carbocycles. The fourth-order valence-electron chi connectivity index (χ4n) is 9.58. The van der Waals surface area contributed by atoms with Crippen molar-refractivity contribution < 1.29 is 0 Å². The van der Waals surface area contributed by atoms with E-state index in [2.05, 4.69) is 205 Å². The van der Waals surface area contributed by atoms with Crippen LogP contribution in [0.3, 0.4) is 0 Å². The Morgan fingerprint density at radius 2 is 0.938 bits per heavy atom. The first-order valence-electron chi connectivity index (χ1n) is 21.6. The van der Waals surface area contributed by atoms with Gasteiger partial charge in [0.15, 0.2) is 5.82 Å². The number of thiophene rings is 1. The molecule has 0 saturated heterocycles. The summed E-state index contributed by atoms with van der Waals surface area (Å²) < 4.78 is 4.92. The van der Waals surface area contributed by atoms with Crippen LogP contribution in [-0.2, 0) is 0 Å². The van der Waals surface area contributed by atoms with Crippen molar-refractivity contribution in [1.82, 2.24) is 19.5 Å². The summed E-state index contributed by atoms with van der Waals surface area (Å²) in [6.07, 6.45) is 0. The SMILES string of the molecule is c1ccc(-c2nc(-c3ccc(-c4ccc5nc(-c6ccccc6)c6ccc7sc8ccccc8c7c6c5c4)cc3)cc(-c3ccc4c(c3)c3ccccc3n4-c3ccccc3)n2)cc1. The third kappa shape index (κ3) is 5.93. The summed E-state index contributed by atoms with van der Waals surface area (Å²) in [6, 6.07) is 77.8. The number of hydrogen-bond donors (Lipinski definition) is 0. The van der Waals surface area contributed by atoms with Crippen LogP contribution in [0.5, 0.6) is 0 Å². The highest BCUT2D eigenvalue weighted by Crippen LogP contribution is 2.44. The molecule has 0 spiro atoms. The average molecular weight is 833 g/mol. The van der Waals surface area contributed by atoms with Gasteiger partial charge < -0.3 is 4.57 Å². The molecular formula is C59H36N4S. The number of nitrogens with zero attached hydrogens (tertiary/aromatic N) is 4. The molecule has 0 N–H and O–H groups in total. The van der Waals surface area contributed by atoms with E-state index in [9.17, 15) is 0 Å². The van der Waals surface area contributed by atoms with Crippen LogP contribution in [0.4, 0.5) is 0 Å². The zero-order valence-electron chi connectivity index (χ0n) is 34.5. The van der Waals surface area contributed by atoms with Crippen molar-refractivity contribution in [2.24, 2.45) is 0 Å². The summed E-state index contributed by atoms with van der Waals surface area (Å²) in [7, 11) is 0. The molecule has 64 heavy (non-hydrogen) atoms. The number of para-hydroxylation sites is 2. The molecule has 0 atom stereocenters. The quantitative estimate of drug-likeness (QED) is 0.157. The van der Waals surface area contributed by atoms with E-state index in [4.69, 9.17) is 15.0 Å². The molecule has 0 amide bonds. The summed E-state index contributed by atoms with van der Waals surface area (Å²) in [5.41, 5.74) is 13.7. The minimum Gasteiger partial charge on any atom is -0.309 e. The predicted molar refractivity (Wildman–Crippen MR) is 269 cm³/mol. The van der Waals surface area contributed by atoms with Gasteiger partial charge in [-0.1, -0.05) is 158 Å². The highest BCUT2D eigenvalue weighted by molar-refractivity contribution is 7.26. The Morgan fingerprint density at radius 3 is 1.73 bits per heavy atom. The van der Waals surface area contributed by atoms with Crippen LogP contribution in [-0.4, -0.2) is 19.5 Å². The summed E-state index contributed by atoms with van der Waals surface area (Å²) in [5, 5.41) is 8.54. The van der Waals surface area contributed by atoms with Gasteiger partial charge in [-0.05, 0) is 71.8 Å². The standard InChI is InChI=1S/C59H36N4S/c1-4-14-39(15-5-1)58-46-30-33-55-57(45-21-11-13-23-54(45)64-55)56(46)48-34-41(28-31-49(48)60-58)37-24-26-38(27-25-37)50-36-51(62-59(61-50)40-16-6-2-7-17-40)42-29-32-53-47(35-42)44-20-10-12-22-52(44)63(53)43-18-8-3-9-19-43/h1-36H. The summed E-state index contributed by atoms with van der Waals surface area (Å²) in [5.74, 6) is 0.694. The van der Waals surface area contributed by atoms with Gasteiger partial charge >= 0.3 is 0 Å². The Morgan fingerprint density at radius 1 is 0.328 bits per heavy atom. The van der Waals surface area contributed by atoms with Crippen molar-refractivity contribution in [3.63, 3.8) is 0 Å². The lowest BCUT2D eigenvalue weighted by Crippen LogP contribution is -1.96. The molecule has 0 unspecified atom stereocenters. The van der Waals surface area contributed by atoms with Crippen LogP contribution >= 0.6 is 11.3 Å². The monoisotopic (exact) mass is 832 g/mol. The molecule has 4 heterocycles. The van der Waals surface area contributed by atoms with E-state index in [0.29, 0.717) is 5.82 Å². The maximum absolute atomic E-state index is 5.33. The molecule has 0 fully saturated rings. The molecule has 5 heteroatoms.